The molecule has 0 amide bonds. The number of aromatic nitrogens is 1. The first-order valence-electron chi connectivity index (χ1n) is 5.81. The van der Waals surface area contributed by atoms with Gasteiger partial charge in [0.25, 0.3) is 0 Å². The topological polar surface area (TPSA) is 53.4 Å². The molecule has 0 atom stereocenters. The maximum absolute atomic E-state index is 10.3. The summed E-state index contributed by atoms with van der Waals surface area (Å²) in [6.07, 6.45) is 9.05. The fourth-order valence-corrected chi connectivity index (χ4v) is 2.03. The maximum Gasteiger partial charge on any atom is 0.133 e. The summed E-state index contributed by atoms with van der Waals surface area (Å²) in [6.45, 7) is 5.61. The highest BCUT2D eigenvalue weighted by Crippen LogP contribution is 2.24. The number of fused-ring (bicyclic) bond motifs is 1. The summed E-state index contributed by atoms with van der Waals surface area (Å²) in [4.78, 5) is 3.97. The molecule has 92 valence electrons. The van der Waals surface area contributed by atoms with Gasteiger partial charge in [0, 0.05) is 33.6 Å². The van der Waals surface area contributed by atoms with Crippen LogP contribution in [0, 0.1) is 0 Å². The molecule has 2 N–H and O–H groups in total. The molecule has 2 aromatic rings. The molecule has 1 aromatic carbocycles. The predicted octanol–water partition coefficient (Wildman–Crippen LogP) is 1.80. The third-order valence-electron chi connectivity index (χ3n) is 2.82. The Morgan fingerprint density at radius 2 is 1.94 bits per heavy atom. The number of phenols is 2. The van der Waals surface area contributed by atoms with Crippen molar-refractivity contribution in [3.63, 3.8) is 0 Å². The lowest BCUT2D eigenvalue weighted by atomic mass is 10.1. The SMILES string of the molecule is C=C/C=c1/c(O)c2cnccc2c(O)/c1=C/CC. The van der Waals surface area contributed by atoms with Crippen molar-refractivity contribution >= 4 is 22.9 Å². The Balaban J connectivity index is 3.12. The Bertz CT molecular complexity index is 717. The van der Waals surface area contributed by atoms with E-state index in [4.69, 9.17) is 0 Å². The predicted molar refractivity (Wildman–Crippen MR) is 73.7 cm³/mol. The van der Waals surface area contributed by atoms with Gasteiger partial charge in [-0.1, -0.05) is 31.7 Å². The second-order valence-corrected chi connectivity index (χ2v) is 3.96. The molecule has 0 unspecified atom stereocenters. The van der Waals surface area contributed by atoms with Crippen molar-refractivity contribution in [3.8, 4) is 11.5 Å². The highest BCUT2D eigenvalue weighted by atomic mass is 16.3. The summed E-state index contributed by atoms with van der Waals surface area (Å²) < 4.78 is 0. The van der Waals surface area contributed by atoms with E-state index in [1.165, 1.54) is 0 Å². The standard InChI is InChI=1S/C15H15NO2/c1-3-5-10-11(6-4-2)15(18)13-9-16-8-7-12(13)14(10)17/h4-9,17-18H,2-3H2,1H3/b10-5+,11-6+. The number of aromatic hydroxyl groups is 2. The monoisotopic (exact) mass is 241 g/mol. The van der Waals surface area contributed by atoms with Crippen LogP contribution in [-0.4, -0.2) is 15.2 Å². The van der Waals surface area contributed by atoms with E-state index in [0.29, 0.717) is 21.2 Å². The summed E-state index contributed by atoms with van der Waals surface area (Å²) >= 11 is 0. The smallest absolute Gasteiger partial charge is 0.133 e. The zero-order valence-corrected chi connectivity index (χ0v) is 10.2. The van der Waals surface area contributed by atoms with Crippen LogP contribution < -0.4 is 10.4 Å². The van der Waals surface area contributed by atoms with E-state index < -0.39 is 0 Å². The molecule has 0 aliphatic carbocycles. The molecule has 2 rings (SSSR count). The van der Waals surface area contributed by atoms with Crippen molar-refractivity contribution in [3.05, 3.63) is 41.6 Å². The van der Waals surface area contributed by atoms with Crippen molar-refractivity contribution in [2.24, 2.45) is 0 Å². The Hall–Kier alpha value is -2.29. The van der Waals surface area contributed by atoms with Crippen molar-refractivity contribution in [2.45, 2.75) is 13.3 Å². The summed E-state index contributed by atoms with van der Waals surface area (Å²) in [5.74, 6) is 0.288. The zero-order valence-electron chi connectivity index (χ0n) is 10.2. The van der Waals surface area contributed by atoms with Crippen LogP contribution in [0.2, 0.25) is 0 Å². The van der Waals surface area contributed by atoms with E-state index in [2.05, 4.69) is 11.6 Å². The molecule has 18 heavy (non-hydrogen) atoms. The summed E-state index contributed by atoms with van der Waals surface area (Å²) in [7, 11) is 0. The summed E-state index contributed by atoms with van der Waals surface area (Å²) in [5, 5.41) is 22.9. The van der Waals surface area contributed by atoms with Gasteiger partial charge < -0.3 is 10.2 Å². The van der Waals surface area contributed by atoms with Gasteiger partial charge in [-0.2, -0.15) is 0 Å². The van der Waals surface area contributed by atoms with Gasteiger partial charge in [-0.15, -0.1) is 0 Å². The van der Waals surface area contributed by atoms with Crippen LogP contribution in [0.25, 0.3) is 22.9 Å². The first-order valence-corrected chi connectivity index (χ1v) is 5.81. The summed E-state index contributed by atoms with van der Waals surface area (Å²) in [5.41, 5.74) is 0. The van der Waals surface area contributed by atoms with E-state index in [0.717, 1.165) is 6.42 Å². The summed E-state index contributed by atoms with van der Waals surface area (Å²) in [6, 6.07) is 1.69. The van der Waals surface area contributed by atoms with E-state index in [-0.39, 0.29) is 11.5 Å². The normalized spacial score (nSPS) is 13.2. The number of benzene rings is 1. The average molecular weight is 241 g/mol. The minimum atomic E-state index is 0.121. The van der Waals surface area contributed by atoms with Crippen molar-refractivity contribution in [1.29, 1.82) is 0 Å². The molecule has 0 fully saturated rings. The molecule has 0 bridgehead atoms. The van der Waals surface area contributed by atoms with Crippen molar-refractivity contribution in [1.82, 2.24) is 4.98 Å². The quantitative estimate of drug-likeness (QED) is 0.788. The number of phenolic OH excluding ortho intramolecular Hbond substituents is 2. The van der Waals surface area contributed by atoms with Gasteiger partial charge in [-0.25, -0.2) is 0 Å². The van der Waals surface area contributed by atoms with Gasteiger partial charge in [0.15, 0.2) is 0 Å². The van der Waals surface area contributed by atoms with Crippen LogP contribution in [0.1, 0.15) is 13.3 Å². The third-order valence-corrected chi connectivity index (χ3v) is 2.82. The second kappa shape index (κ2) is 4.92. The number of pyridine rings is 1. The highest BCUT2D eigenvalue weighted by molar-refractivity contribution is 5.92. The minimum Gasteiger partial charge on any atom is -0.507 e. The lowest BCUT2D eigenvalue weighted by Crippen LogP contribution is -2.25. The number of hydrogen-bond donors (Lipinski definition) is 2. The molecule has 1 aromatic heterocycles. The van der Waals surface area contributed by atoms with Crippen LogP contribution in [0.3, 0.4) is 0 Å². The molecule has 0 spiro atoms. The molecule has 1 heterocycles. The van der Waals surface area contributed by atoms with E-state index in [9.17, 15) is 10.2 Å². The third kappa shape index (κ3) is 1.84. The zero-order chi connectivity index (χ0) is 13.1. The lowest BCUT2D eigenvalue weighted by Gasteiger charge is -2.06. The molecule has 0 saturated heterocycles. The Labute approximate surface area is 105 Å². The van der Waals surface area contributed by atoms with E-state index >= 15 is 0 Å². The average Bonchev–Trinajstić information content (AvgIpc) is 2.40. The van der Waals surface area contributed by atoms with Crippen molar-refractivity contribution in [2.75, 3.05) is 0 Å². The fourth-order valence-electron chi connectivity index (χ4n) is 2.03. The van der Waals surface area contributed by atoms with E-state index in [1.807, 2.05) is 13.0 Å². The fraction of sp³-hybridized carbons (Fsp3) is 0.133. The molecular formula is C15H15NO2. The number of hydrogen-bond acceptors (Lipinski definition) is 3. The van der Waals surface area contributed by atoms with Crippen LogP contribution in [0.4, 0.5) is 0 Å². The van der Waals surface area contributed by atoms with Gasteiger partial charge in [-0.05, 0) is 12.5 Å². The highest BCUT2D eigenvalue weighted by Gasteiger charge is 2.09. The maximum atomic E-state index is 10.3. The first kappa shape index (κ1) is 12.2. The van der Waals surface area contributed by atoms with Crippen LogP contribution in [0.5, 0.6) is 11.5 Å². The van der Waals surface area contributed by atoms with E-state index in [1.54, 1.807) is 30.6 Å². The Kier molecular flexibility index (Phi) is 3.33. The van der Waals surface area contributed by atoms with Gasteiger partial charge in [0.05, 0.1) is 0 Å². The molecule has 0 aliphatic rings. The Morgan fingerprint density at radius 3 is 2.61 bits per heavy atom. The molecule has 3 heteroatoms. The minimum absolute atomic E-state index is 0.121. The van der Waals surface area contributed by atoms with Gasteiger partial charge in [0.1, 0.15) is 11.5 Å². The molecule has 0 radical (unpaired) electrons. The van der Waals surface area contributed by atoms with Gasteiger partial charge >= 0.3 is 0 Å². The molecule has 3 nitrogen and oxygen atoms in total. The number of rotatable bonds is 2. The van der Waals surface area contributed by atoms with Crippen LogP contribution in [-0.2, 0) is 0 Å². The molecular weight excluding hydrogens is 226 g/mol. The van der Waals surface area contributed by atoms with Crippen LogP contribution >= 0.6 is 0 Å². The van der Waals surface area contributed by atoms with Crippen molar-refractivity contribution < 1.29 is 10.2 Å². The lowest BCUT2D eigenvalue weighted by molar-refractivity contribution is 0.462. The molecule has 0 aliphatic heterocycles. The molecule has 0 saturated carbocycles. The largest absolute Gasteiger partial charge is 0.507 e. The first-order chi connectivity index (χ1) is 8.70. The Morgan fingerprint density at radius 1 is 1.22 bits per heavy atom. The number of nitrogens with zero attached hydrogens (tertiary/aromatic N) is 1. The van der Waals surface area contributed by atoms with Gasteiger partial charge in [-0.3, -0.25) is 4.98 Å². The second-order valence-electron chi connectivity index (χ2n) is 3.96. The number of allylic oxidation sites excluding steroid dienone is 1. The van der Waals surface area contributed by atoms with Crippen LogP contribution in [0.15, 0.2) is 31.1 Å². The van der Waals surface area contributed by atoms with Gasteiger partial charge in [0.2, 0.25) is 0 Å².